The Hall–Kier alpha value is -3.07. The topological polar surface area (TPSA) is 110 Å². The first-order valence-corrected chi connectivity index (χ1v) is 6.86. The van der Waals surface area contributed by atoms with E-state index in [4.69, 9.17) is 12.2 Å². The van der Waals surface area contributed by atoms with Crippen molar-refractivity contribution in [2.45, 2.75) is 6.92 Å². The molecule has 0 saturated carbocycles. The number of hydrogen-bond donors (Lipinski definition) is 2. The van der Waals surface area contributed by atoms with Crippen LogP contribution in [0.1, 0.15) is 5.56 Å². The van der Waals surface area contributed by atoms with Gasteiger partial charge in [0.1, 0.15) is 11.4 Å². The molecule has 0 spiro atoms. The zero-order chi connectivity index (χ0) is 17.0. The third-order valence-electron chi connectivity index (χ3n) is 3.03. The Kier molecular flexibility index (Phi) is 4.82. The molecule has 0 amide bonds. The number of nitro benzene ring substituents is 2. The summed E-state index contributed by atoms with van der Waals surface area (Å²) in [6, 6.07) is 10.6. The van der Waals surface area contributed by atoms with Gasteiger partial charge >= 0.3 is 0 Å². The van der Waals surface area contributed by atoms with Gasteiger partial charge in [0, 0.05) is 12.1 Å². The molecule has 23 heavy (non-hydrogen) atoms. The van der Waals surface area contributed by atoms with E-state index in [9.17, 15) is 20.2 Å². The highest BCUT2D eigenvalue weighted by Crippen LogP contribution is 2.28. The van der Waals surface area contributed by atoms with Crippen molar-refractivity contribution in [3.8, 4) is 0 Å². The molecule has 0 saturated heterocycles. The van der Waals surface area contributed by atoms with Gasteiger partial charge in [0.15, 0.2) is 5.11 Å². The second-order valence-corrected chi connectivity index (χ2v) is 4.99. The van der Waals surface area contributed by atoms with E-state index in [0.29, 0.717) is 5.56 Å². The Morgan fingerprint density at radius 3 is 2.22 bits per heavy atom. The summed E-state index contributed by atoms with van der Waals surface area (Å²) in [5.41, 5.74) is 0.804. The molecule has 2 rings (SSSR count). The van der Waals surface area contributed by atoms with E-state index in [0.717, 1.165) is 0 Å². The zero-order valence-corrected chi connectivity index (χ0v) is 12.8. The summed E-state index contributed by atoms with van der Waals surface area (Å²) in [5.74, 6) is 0. The minimum atomic E-state index is -0.541. The van der Waals surface area contributed by atoms with Gasteiger partial charge in [0.25, 0.3) is 11.4 Å². The van der Waals surface area contributed by atoms with E-state index in [2.05, 4.69) is 10.6 Å². The minimum absolute atomic E-state index is 0.0247. The first-order chi connectivity index (χ1) is 10.9. The molecule has 0 unspecified atom stereocenters. The highest BCUT2D eigenvalue weighted by atomic mass is 32.1. The van der Waals surface area contributed by atoms with Crippen molar-refractivity contribution in [3.05, 3.63) is 68.3 Å². The second kappa shape index (κ2) is 6.79. The predicted octanol–water partition coefficient (Wildman–Crippen LogP) is 3.62. The summed E-state index contributed by atoms with van der Waals surface area (Å²) in [7, 11) is 0. The first-order valence-electron chi connectivity index (χ1n) is 6.45. The molecule has 0 aromatic heterocycles. The number of nitrogens with one attached hydrogen (secondary N) is 2. The maximum absolute atomic E-state index is 11.1. The summed E-state index contributed by atoms with van der Waals surface area (Å²) in [6.07, 6.45) is 0. The van der Waals surface area contributed by atoms with Crippen molar-refractivity contribution in [3.63, 3.8) is 0 Å². The number of nitrogens with zero attached hydrogens (tertiary/aromatic N) is 2. The average Bonchev–Trinajstić information content (AvgIpc) is 2.49. The van der Waals surface area contributed by atoms with Crippen LogP contribution in [0.4, 0.5) is 22.7 Å². The number of thiocarbonyl (C=S) groups is 1. The Morgan fingerprint density at radius 2 is 1.57 bits per heavy atom. The molecule has 0 aliphatic heterocycles. The van der Waals surface area contributed by atoms with E-state index in [1.165, 1.54) is 24.3 Å². The number of aryl methyl sites for hydroxylation is 1. The first kappa shape index (κ1) is 16.3. The van der Waals surface area contributed by atoms with Gasteiger partial charge in [-0.2, -0.15) is 0 Å². The number of para-hydroxylation sites is 3. The summed E-state index contributed by atoms with van der Waals surface area (Å²) in [4.78, 5) is 21.0. The standard InChI is InChI=1S/C14H12N4O4S/c1-9-5-4-8-12(18(21)22)13(9)16-14(23)15-10-6-2-3-7-11(10)17(19)20/h2-8H,1H3,(H2,15,16,23). The molecule has 0 radical (unpaired) electrons. The lowest BCUT2D eigenvalue weighted by Gasteiger charge is -2.12. The highest BCUT2D eigenvalue weighted by molar-refractivity contribution is 7.80. The average molecular weight is 332 g/mol. The molecule has 2 aromatic carbocycles. The van der Waals surface area contributed by atoms with Crippen molar-refractivity contribution < 1.29 is 9.85 Å². The predicted molar refractivity (Wildman–Crippen MR) is 90.8 cm³/mol. The Balaban J connectivity index is 2.25. The van der Waals surface area contributed by atoms with Gasteiger partial charge < -0.3 is 10.6 Å². The molecule has 8 nitrogen and oxygen atoms in total. The normalized spacial score (nSPS) is 9.96. The van der Waals surface area contributed by atoms with Gasteiger partial charge in [0.05, 0.1) is 9.85 Å². The Morgan fingerprint density at radius 1 is 0.957 bits per heavy atom. The van der Waals surface area contributed by atoms with Crippen LogP contribution >= 0.6 is 12.2 Å². The molecular weight excluding hydrogens is 320 g/mol. The van der Waals surface area contributed by atoms with Crippen LogP contribution in [0, 0.1) is 27.2 Å². The van der Waals surface area contributed by atoms with E-state index < -0.39 is 9.85 Å². The van der Waals surface area contributed by atoms with Crippen LogP contribution in [0.15, 0.2) is 42.5 Å². The number of nitro groups is 2. The van der Waals surface area contributed by atoms with Gasteiger partial charge in [-0.3, -0.25) is 20.2 Å². The monoisotopic (exact) mass is 332 g/mol. The number of rotatable bonds is 4. The van der Waals surface area contributed by atoms with Crippen molar-refractivity contribution in [2.24, 2.45) is 0 Å². The summed E-state index contributed by atoms with van der Waals surface area (Å²) in [6.45, 7) is 1.70. The summed E-state index contributed by atoms with van der Waals surface area (Å²) >= 11 is 5.10. The van der Waals surface area contributed by atoms with E-state index in [1.807, 2.05) is 0 Å². The maximum Gasteiger partial charge on any atom is 0.293 e. The fourth-order valence-corrected chi connectivity index (χ4v) is 2.18. The van der Waals surface area contributed by atoms with Gasteiger partial charge in [-0.1, -0.05) is 24.3 Å². The number of benzene rings is 2. The van der Waals surface area contributed by atoms with Crippen molar-refractivity contribution in [1.29, 1.82) is 0 Å². The fourth-order valence-electron chi connectivity index (χ4n) is 1.97. The smallest absolute Gasteiger partial charge is 0.293 e. The van der Waals surface area contributed by atoms with Crippen LogP contribution in [0.2, 0.25) is 0 Å². The van der Waals surface area contributed by atoms with Crippen molar-refractivity contribution >= 4 is 40.1 Å². The summed E-state index contributed by atoms with van der Waals surface area (Å²) < 4.78 is 0. The maximum atomic E-state index is 11.1. The van der Waals surface area contributed by atoms with Crippen LogP contribution in [0.25, 0.3) is 0 Å². The highest BCUT2D eigenvalue weighted by Gasteiger charge is 2.18. The lowest BCUT2D eigenvalue weighted by atomic mass is 10.1. The Bertz CT molecular complexity index is 794. The third-order valence-corrected chi connectivity index (χ3v) is 3.24. The molecule has 0 bridgehead atoms. The van der Waals surface area contributed by atoms with Crippen molar-refractivity contribution in [2.75, 3.05) is 10.6 Å². The van der Waals surface area contributed by atoms with Gasteiger partial charge in [-0.15, -0.1) is 0 Å². The summed E-state index contributed by atoms with van der Waals surface area (Å²) in [5, 5.41) is 27.5. The quantitative estimate of drug-likeness (QED) is 0.500. The molecular formula is C14H12N4O4S. The van der Waals surface area contributed by atoms with Crippen LogP contribution < -0.4 is 10.6 Å². The molecule has 0 fully saturated rings. The molecule has 2 aromatic rings. The van der Waals surface area contributed by atoms with Crippen LogP contribution in [0.3, 0.4) is 0 Å². The van der Waals surface area contributed by atoms with Gasteiger partial charge in [0.2, 0.25) is 0 Å². The molecule has 0 aliphatic carbocycles. The van der Waals surface area contributed by atoms with E-state index >= 15 is 0 Å². The second-order valence-electron chi connectivity index (χ2n) is 4.58. The number of anilines is 2. The van der Waals surface area contributed by atoms with E-state index in [-0.39, 0.29) is 27.9 Å². The lowest BCUT2D eigenvalue weighted by Crippen LogP contribution is -2.21. The molecule has 9 heteroatoms. The number of hydrogen-bond acceptors (Lipinski definition) is 5. The largest absolute Gasteiger partial charge is 0.327 e. The van der Waals surface area contributed by atoms with Gasteiger partial charge in [-0.25, -0.2) is 0 Å². The van der Waals surface area contributed by atoms with Crippen LogP contribution in [-0.2, 0) is 0 Å². The third kappa shape index (κ3) is 3.77. The van der Waals surface area contributed by atoms with E-state index in [1.54, 1.807) is 25.1 Å². The van der Waals surface area contributed by atoms with Crippen LogP contribution in [-0.4, -0.2) is 15.0 Å². The fraction of sp³-hybridized carbons (Fsp3) is 0.0714. The van der Waals surface area contributed by atoms with Crippen molar-refractivity contribution in [1.82, 2.24) is 0 Å². The molecule has 0 aliphatic rings. The zero-order valence-electron chi connectivity index (χ0n) is 12.0. The minimum Gasteiger partial charge on any atom is -0.327 e. The van der Waals surface area contributed by atoms with Gasteiger partial charge in [-0.05, 0) is 30.8 Å². The SMILES string of the molecule is Cc1cccc([N+](=O)[O-])c1NC(=S)Nc1ccccc1[N+](=O)[O-]. The Labute approximate surface area is 136 Å². The molecule has 118 valence electrons. The molecule has 0 atom stereocenters. The lowest BCUT2D eigenvalue weighted by molar-refractivity contribution is -0.384. The molecule has 2 N–H and O–H groups in total. The molecule has 0 heterocycles. The van der Waals surface area contributed by atoms with Crippen LogP contribution in [0.5, 0.6) is 0 Å².